The van der Waals surface area contributed by atoms with Gasteiger partial charge in [0.15, 0.2) is 0 Å². The van der Waals surface area contributed by atoms with Gasteiger partial charge in [0.05, 0.1) is 6.04 Å². The Labute approximate surface area is 225 Å². The molecule has 4 atom stereocenters. The molecule has 0 fully saturated rings. The summed E-state index contributed by atoms with van der Waals surface area (Å²) in [5.41, 5.74) is 16.8. The zero-order chi connectivity index (χ0) is 28.7. The van der Waals surface area contributed by atoms with Crippen LogP contribution in [0.15, 0.2) is 30.3 Å². The van der Waals surface area contributed by atoms with Gasteiger partial charge in [0.1, 0.15) is 18.1 Å². The molecule has 0 saturated heterocycles. The zero-order valence-electron chi connectivity index (χ0n) is 21.2. The van der Waals surface area contributed by atoms with Crippen molar-refractivity contribution in [3.63, 3.8) is 0 Å². The Balaban J connectivity index is 3.00. The molecule has 0 radical (unpaired) electrons. The highest BCUT2D eigenvalue weighted by molar-refractivity contribution is 7.98. The van der Waals surface area contributed by atoms with E-state index >= 15 is 0 Å². The van der Waals surface area contributed by atoms with Crippen molar-refractivity contribution in [3.05, 3.63) is 35.9 Å². The van der Waals surface area contributed by atoms with Crippen molar-refractivity contribution in [1.29, 1.82) is 0 Å². The van der Waals surface area contributed by atoms with E-state index in [2.05, 4.69) is 16.0 Å². The molecule has 14 heteroatoms. The van der Waals surface area contributed by atoms with Crippen LogP contribution < -0.4 is 33.2 Å². The van der Waals surface area contributed by atoms with Gasteiger partial charge in [-0.15, -0.1) is 0 Å². The highest BCUT2D eigenvalue weighted by Gasteiger charge is 2.30. The Bertz CT molecular complexity index is 978. The Kier molecular flexibility index (Phi) is 14.5. The molecule has 5 amide bonds. The summed E-state index contributed by atoms with van der Waals surface area (Å²) in [5.74, 6) is -4.38. The maximum absolute atomic E-state index is 13.1. The third kappa shape index (κ3) is 12.5. The van der Waals surface area contributed by atoms with E-state index < -0.39 is 59.7 Å². The first-order chi connectivity index (χ1) is 17.9. The van der Waals surface area contributed by atoms with Gasteiger partial charge < -0.3 is 38.3 Å². The minimum Gasteiger partial charge on any atom is -0.480 e. The van der Waals surface area contributed by atoms with Crippen LogP contribution in [0.5, 0.6) is 0 Å². The smallest absolute Gasteiger partial charge is 0.326 e. The second kappa shape index (κ2) is 17.0. The summed E-state index contributed by atoms with van der Waals surface area (Å²) in [7, 11) is 0. The summed E-state index contributed by atoms with van der Waals surface area (Å²) in [6, 6.07) is 3.88. The van der Waals surface area contributed by atoms with Crippen LogP contribution in [0.2, 0.25) is 0 Å². The minimum absolute atomic E-state index is 0.00596. The highest BCUT2D eigenvalue weighted by Crippen LogP contribution is 2.08. The van der Waals surface area contributed by atoms with Gasteiger partial charge in [-0.1, -0.05) is 30.3 Å². The molecule has 13 nitrogen and oxygen atoms in total. The van der Waals surface area contributed by atoms with Gasteiger partial charge in [0.2, 0.25) is 29.5 Å². The number of hydrogen-bond donors (Lipinski definition) is 7. The summed E-state index contributed by atoms with van der Waals surface area (Å²) in [6.07, 6.45) is 1.42. The van der Waals surface area contributed by atoms with E-state index in [1.165, 1.54) is 11.8 Å². The van der Waals surface area contributed by atoms with Crippen molar-refractivity contribution in [3.8, 4) is 0 Å². The fourth-order valence-corrected chi connectivity index (χ4v) is 3.83. The number of carbonyl (C=O) groups is 6. The second-order valence-corrected chi connectivity index (χ2v) is 9.60. The van der Waals surface area contributed by atoms with Crippen LogP contribution in [0.4, 0.5) is 0 Å². The predicted octanol–water partition coefficient (Wildman–Crippen LogP) is -1.62. The van der Waals surface area contributed by atoms with E-state index in [9.17, 15) is 33.9 Å². The largest absolute Gasteiger partial charge is 0.480 e. The monoisotopic (exact) mass is 552 g/mol. The van der Waals surface area contributed by atoms with Crippen LogP contribution in [0, 0.1) is 0 Å². The molecule has 0 heterocycles. The Hall–Kier alpha value is -3.65. The van der Waals surface area contributed by atoms with Crippen LogP contribution in [-0.2, 0) is 35.2 Å². The summed E-state index contributed by atoms with van der Waals surface area (Å²) in [4.78, 5) is 72.7. The second-order valence-electron chi connectivity index (χ2n) is 8.61. The lowest BCUT2D eigenvalue weighted by atomic mass is 10.0. The lowest BCUT2D eigenvalue weighted by molar-refractivity contribution is -0.142. The van der Waals surface area contributed by atoms with Gasteiger partial charge in [-0.3, -0.25) is 24.0 Å². The molecular weight excluding hydrogens is 516 g/mol. The average Bonchev–Trinajstić information content (AvgIpc) is 2.86. The topological polar surface area (TPSA) is 237 Å². The first-order valence-electron chi connectivity index (χ1n) is 11.9. The van der Waals surface area contributed by atoms with E-state index in [4.69, 9.17) is 17.2 Å². The van der Waals surface area contributed by atoms with Crippen molar-refractivity contribution in [1.82, 2.24) is 16.0 Å². The van der Waals surface area contributed by atoms with E-state index in [1.807, 2.05) is 0 Å². The summed E-state index contributed by atoms with van der Waals surface area (Å²) in [5, 5.41) is 17.0. The Morgan fingerprint density at radius 1 is 0.789 bits per heavy atom. The number of carbonyl (C=O) groups excluding carboxylic acids is 5. The van der Waals surface area contributed by atoms with Gasteiger partial charge in [0, 0.05) is 19.3 Å². The van der Waals surface area contributed by atoms with E-state index in [1.54, 1.807) is 36.6 Å². The molecule has 210 valence electrons. The number of carboxylic acids is 1. The Morgan fingerprint density at radius 3 is 1.82 bits per heavy atom. The fourth-order valence-electron chi connectivity index (χ4n) is 3.36. The molecule has 0 aliphatic heterocycles. The molecule has 0 bridgehead atoms. The van der Waals surface area contributed by atoms with Crippen LogP contribution in [0.1, 0.15) is 37.7 Å². The van der Waals surface area contributed by atoms with Crippen molar-refractivity contribution in [2.24, 2.45) is 17.2 Å². The highest BCUT2D eigenvalue weighted by atomic mass is 32.2. The molecule has 0 saturated carbocycles. The first kappa shape index (κ1) is 32.4. The molecule has 38 heavy (non-hydrogen) atoms. The van der Waals surface area contributed by atoms with E-state index in [0.29, 0.717) is 11.3 Å². The summed E-state index contributed by atoms with van der Waals surface area (Å²) >= 11 is 1.42. The normalized spacial score (nSPS) is 13.8. The molecular formula is C24H36N6O7S. The van der Waals surface area contributed by atoms with Crippen molar-refractivity contribution in [2.75, 3.05) is 12.0 Å². The quantitative estimate of drug-likeness (QED) is 0.111. The third-order valence-corrected chi connectivity index (χ3v) is 6.14. The number of nitrogens with one attached hydrogen (secondary N) is 3. The number of aliphatic carboxylic acids is 1. The third-order valence-electron chi connectivity index (χ3n) is 5.49. The van der Waals surface area contributed by atoms with E-state index in [-0.39, 0.29) is 38.5 Å². The van der Waals surface area contributed by atoms with E-state index in [0.717, 1.165) is 0 Å². The van der Waals surface area contributed by atoms with Gasteiger partial charge in [-0.2, -0.15) is 11.8 Å². The molecule has 10 N–H and O–H groups in total. The summed E-state index contributed by atoms with van der Waals surface area (Å²) < 4.78 is 0. The van der Waals surface area contributed by atoms with Crippen LogP contribution in [-0.4, -0.2) is 76.8 Å². The summed E-state index contributed by atoms with van der Waals surface area (Å²) in [6.45, 7) is 0. The van der Waals surface area contributed by atoms with Crippen LogP contribution in [0.25, 0.3) is 0 Å². The maximum atomic E-state index is 13.1. The van der Waals surface area contributed by atoms with Crippen LogP contribution >= 0.6 is 11.8 Å². The number of rotatable bonds is 18. The standard InChI is InChI=1S/C24H36N6O7S/c1-38-12-11-17(28-21(33)15(25)7-9-19(26)31)23(35)29-16(8-10-20(27)32)22(34)30-18(24(36)37)13-14-5-3-2-4-6-14/h2-6,15-18H,7-13,25H2,1H3,(H2,26,31)(H2,27,32)(H,28,33)(H,29,35)(H,30,34)(H,36,37). The van der Waals surface area contributed by atoms with Crippen molar-refractivity contribution in [2.45, 2.75) is 62.7 Å². The molecule has 0 aliphatic carbocycles. The van der Waals surface area contributed by atoms with Crippen molar-refractivity contribution < 1.29 is 33.9 Å². The number of thioether (sulfide) groups is 1. The molecule has 1 aromatic rings. The van der Waals surface area contributed by atoms with Gasteiger partial charge >= 0.3 is 5.97 Å². The predicted molar refractivity (Wildman–Crippen MR) is 141 cm³/mol. The molecule has 0 aliphatic rings. The Morgan fingerprint density at radius 2 is 1.29 bits per heavy atom. The number of carboxylic acid groups (broad SMARTS) is 1. The van der Waals surface area contributed by atoms with Gasteiger partial charge in [-0.25, -0.2) is 4.79 Å². The lowest BCUT2D eigenvalue weighted by Crippen LogP contribution is -2.57. The SMILES string of the molecule is CSCCC(NC(=O)C(N)CCC(N)=O)C(=O)NC(CCC(N)=O)C(=O)NC(Cc1ccccc1)C(=O)O. The zero-order valence-corrected chi connectivity index (χ0v) is 22.0. The number of benzene rings is 1. The number of amides is 5. The minimum atomic E-state index is -1.30. The van der Waals surface area contributed by atoms with Gasteiger partial charge in [-0.05, 0) is 36.8 Å². The maximum Gasteiger partial charge on any atom is 0.326 e. The number of primary amides is 2. The molecule has 1 aromatic carbocycles. The molecule has 4 unspecified atom stereocenters. The lowest BCUT2D eigenvalue weighted by Gasteiger charge is -2.25. The average molecular weight is 553 g/mol. The fraction of sp³-hybridized carbons (Fsp3) is 0.500. The van der Waals surface area contributed by atoms with Crippen molar-refractivity contribution >= 4 is 47.3 Å². The number of nitrogens with two attached hydrogens (primary N) is 3. The molecule has 0 spiro atoms. The van der Waals surface area contributed by atoms with Crippen LogP contribution in [0.3, 0.4) is 0 Å². The van der Waals surface area contributed by atoms with Gasteiger partial charge in [0.25, 0.3) is 0 Å². The molecule has 0 aromatic heterocycles. The number of hydrogen-bond acceptors (Lipinski definition) is 8. The first-order valence-corrected chi connectivity index (χ1v) is 13.3. The molecule has 1 rings (SSSR count).